The lowest BCUT2D eigenvalue weighted by molar-refractivity contribution is -0.139. The van der Waals surface area contributed by atoms with Gasteiger partial charge >= 0.3 is 5.97 Å². The van der Waals surface area contributed by atoms with Gasteiger partial charge < -0.3 is 4.74 Å². The van der Waals surface area contributed by atoms with Crippen LogP contribution in [-0.2, 0) is 9.53 Å². The smallest absolute Gasteiger partial charge is 0.319 e. The summed E-state index contributed by atoms with van der Waals surface area (Å²) in [6.45, 7) is 2.09. The molecular weight excluding hydrogens is 196 g/mol. The second-order valence-corrected chi connectivity index (χ2v) is 3.24. The van der Waals surface area contributed by atoms with Gasteiger partial charge in [-0.25, -0.2) is 0 Å². The van der Waals surface area contributed by atoms with Crippen LogP contribution in [0.5, 0.6) is 0 Å². The van der Waals surface area contributed by atoms with Crippen molar-refractivity contribution in [2.45, 2.75) is 31.0 Å². The molecule has 0 fully saturated rings. The van der Waals surface area contributed by atoms with Gasteiger partial charge in [0.2, 0.25) is 0 Å². The van der Waals surface area contributed by atoms with Gasteiger partial charge in [0.15, 0.2) is 0 Å². The lowest BCUT2D eigenvalue weighted by Crippen LogP contribution is -2.14. The third-order valence-electron chi connectivity index (χ3n) is 1.27. The van der Waals surface area contributed by atoms with Crippen LogP contribution in [0.15, 0.2) is 0 Å². The number of halogens is 1. The Kier molecular flexibility index (Phi) is 5.69. The molecule has 0 aliphatic rings. The van der Waals surface area contributed by atoms with E-state index in [9.17, 15) is 4.79 Å². The average Bonchev–Trinajstić information content (AvgIpc) is 1.98. The van der Waals surface area contributed by atoms with Gasteiger partial charge in [-0.15, -0.1) is 0 Å². The number of unbranched alkanes of at least 4 members (excludes halogenated alkanes) is 1. The summed E-state index contributed by atoms with van der Waals surface area (Å²) in [5.41, 5.74) is 0. The van der Waals surface area contributed by atoms with Crippen molar-refractivity contribution < 1.29 is 9.53 Å². The number of carbonyl (C=O) groups excluding carboxylic acids is 1. The Morgan fingerprint density at radius 1 is 1.70 bits per heavy atom. The molecule has 0 rings (SSSR count). The molecule has 0 saturated carbocycles. The first-order valence-electron chi connectivity index (χ1n) is 3.44. The maximum absolute atomic E-state index is 10.7. The van der Waals surface area contributed by atoms with Crippen LogP contribution in [0.1, 0.15) is 26.2 Å². The highest BCUT2D eigenvalue weighted by Gasteiger charge is 2.13. The first-order chi connectivity index (χ1) is 4.72. The zero-order chi connectivity index (χ0) is 7.98. The molecule has 60 valence electrons. The van der Waals surface area contributed by atoms with Crippen LogP contribution in [0.25, 0.3) is 0 Å². The molecule has 0 aromatic carbocycles. The number of carbonyl (C=O) groups is 1. The molecule has 1 atom stereocenters. The topological polar surface area (TPSA) is 26.3 Å². The van der Waals surface area contributed by atoms with E-state index < -0.39 is 0 Å². The average molecular weight is 209 g/mol. The zero-order valence-electron chi connectivity index (χ0n) is 6.39. The molecule has 0 aromatic rings. The second-order valence-electron chi connectivity index (χ2n) is 2.13. The molecule has 0 spiro atoms. The van der Waals surface area contributed by atoms with E-state index in [0.717, 1.165) is 19.3 Å². The van der Waals surface area contributed by atoms with E-state index in [1.165, 1.54) is 7.11 Å². The van der Waals surface area contributed by atoms with Crippen LogP contribution < -0.4 is 0 Å². The van der Waals surface area contributed by atoms with E-state index in [1.54, 1.807) is 0 Å². The SMILES string of the molecule is CCCC[C@H](Br)C(=O)OC. The highest BCUT2D eigenvalue weighted by Crippen LogP contribution is 2.10. The monoisotopic (exact) mass is 208 g/mol. The van der Waals surface area contributed by atoms with Gasteiger partial charge in [-0.05, 0) is 6.42 Å². The molecular formula is C7H13BrO2. The van der Waals surface area contributed by atoms with E-state index in [0.29, 0.717) is 0 Å². The largest absolute Gasteiger partial charge is 0.468 e. The lowest BCUT2D eigenvalue weighted by Gasteiger charge is -2.04. The van der Waals surface area contributed by atoms with Crippen molar-refractivity contribution in [3.8, 4) is 0 Å². The fraction of sp³-hybridized carbons (Fsp3) is 0.857. The molecule has 0 N–H and O–H groups in total. The Hall–Kier alpha value is -0.0500. The number of ether oxygens (including phenoxy) is 1. The minimum absolute atomic E-state index is 0.113. The van der Waals surface area contributed by atoms with Gasteiger partial charge in [0.05, 0.1) is 7.11 Å². The zero-order valence-corrected chi connectivity index (χ0v) is 7.98. The van der Waals surface area contributed by atoms with Crippen LogP contribution in [0, 0.1) is 0 Å². The minimum Gasteiger partial charge on any atom is -0.468 e. The molecule has 0 aliphatic heterocycles. The quantitative estimate of drug-likeness (QED) is 0.523. The molecule has 0 aliphatic carbocycles. The van der Waals surface area contributed by atoms with Crippen LogP contribution in [0.3, 0.4) is 0 Å². The Bertz CT molecular complexity index is 104. The molecule has 3 heteroatoms. The summed E-state index contributed by atoms with van der Waals surface area (Å²) in [5.74, 6) is -0.173. The Balaban J connectivity index is 3.41. The fourth-order valence-corrected chi connectivity index (χ4v) is 1.14. The number of rotatable bonds is 4. The van der Waals surface area contributed by atoms with Crippen molar-refractivity contribution in [3.05, 3.63) is 0 Å². The minimum atomic E-state index is -0.173. The van der Waals surface area contributed by atoms with E-state index in [-0.39, 0.29) is 10.8 Å². The van der Waals surface area contributed by atoms with E-state index >= 15 is 0 Å². The second kappa shape index (κ2) is 5.71. The first-order valence-corrected chi connectivity index (χ1v) is 4.35. The van der Waals surface area contributed by atoms with Crippen LogP contribution in [0.2, 0.25) is 0 Å². The van der Waals surface area contributed by atoms with Crippen LogP contribution >= 0.6 is 15.9 Å². The van der Waals surface area contributed by atoms with Crippen molar-refractivity contribution in [1.29, 1.82) is 0 Å². The molecule has 0 bridgehead atoms. The summed E-state index contributed by atoms with van der Waals surface area (Å²) in [5, 5.41) is 0. The molecule has 0 amide bonds. The molecule has 0 aromatic heterocycles. The molecule has 0 radical (unpaired) electrons. The number of methoxy groups -OCH3 is 1. The predicted molar refractivity (Wildman–Crippen MR) is 44.3 cm³/mol. The van der Waals surface area contributed by atoms with Crippen LogP contribution in [-0.4, -0.2) is 17.9 Å². The van der Waals surface area contributed by atoms with Crippen molar-refractivity contribution in [2.24, 2.45) is 0 Å². The van der Waals surface area contributed by atoms with Crippen molar-refractivity contribution >= 4 is 21.9 Å². The van der Waals surface area contributed by atoms with Gasteiger partial charge in [-0.1, -0.05) is 35.7 Å². The highest BCUT2D eigenvalue weighted by atomic mass is 79.9. The summed E-state index contributed by atoms with van der Waals surface area (Å²) in [6, 6.07) is 0. The number of hydrogen-bond donors (Lipinski definition) is 0. The number of esters is 1. The summed E-state index contributed by atoms with van der Waals surface area (Å²) in [4.78, 5) is 10.6. The van der Waals surface area contributed by atoms with Crippen molar-refractivity contribution in [1.82, 2.24) is 0 Å². The molecule has 0 saturated heterocycles. The standard InChI is InChI=1S/C7H13BrO2/c1-3-4-5-6(8)7(9)10-2/h6H,3-5H2,1-2H3/t6-/m0/s1. The Morgan fingerprint density at radius 2 is 2.30 bits per heavy atom. The van der Waals surface area contributed by atoms with Gasteiger partial charge in [-0.2, -0.15) is 0 Å². The predicted octanol–water partition coefficient (Wildman–Crippen LogP) is 2.11. The fourth-order valence-electron chi connectivity index (χ4n) is 0.629. The summed E-state index contributed by atoms with van der Waals surface area (Å²) in [6.07, 6.45) is 3.04. The number of alkyl halides is 1. The third kappa shape index (κ3) is 3.88. The molecule has 10 heavy (non-hydrogen) atoms. The Morgan fingerprint density at radius 3 is 2.70 bits per heavy atom. The lowest BCUT2D eigenvalue weighted by atomic mass is 10.2. The van der Waals surface area contributed by atoms with Crippen molar-refractivity contribution in [2.75, 3.05) is 7.11 Å². The van der Waals surface area contributed by atoms with E-state index in [1.807, 2.05) is 0 Å². The van der Waals surface area contributed by atoms with Crippen molar-refractivity contribution in [3.63, 3.8) is 0 Å². The summed E-state index contributed by atoms with van der Waals surface area (Å²) >= 11 is 3.23. The summed E-state index contributed by atoms with van der Waals surface area (Å²) in [7, 11) is 1.41. The highest BCUT2D eigenvalue weighted by molar-refractivity contribution is 9.10. The first kappa shape index (κ1) is 9.95. The third-order valence-corrected chi connectivity index (χ3v) is 2.10. The summed E-state index contributed by atoms with van der Waals surface area (Å²) < 4.78 is 4.52. The van der Waals surface area contributed by atoms with Crippen LogP contribution in [0.4, 0.5) is 0 Å². The molecule has 0 heterocycles. The maximum atomic E-state index is 10.7. The molecule has 2 nitrogen and oxygen atoms in total. The molecule has 0 unspecified atom stereocenters. The van der Waals surface area contributed by atoms with Gasteiger partial charge in [0.25, 0.3) is 0 Å². The number of hydrogen-bond acceptors (Lipinski definition) is 2. The normalized spacial score (nSPS) is 12.7. The van der Waals surface area contributed by atoms with E-state index in [4.69, 9.17) is 0 Å². The van der Waals surface area contributed by atoms with Gasteiger partial charge in [-0.3, -0.25) is 4.79 Å². The van der Waals surface area contributed by atoms with E-state index in [2.05, 4.69) is 27.6 Å². The van der Waals surface area contributed by atoms with Gasteiger partial charge in [0.1, 0.15) is 4.83 Å². The Labute approximate surface area is 70.1 Å². The maximum Gasteiger partial charge on any atom is 0.319 e. The van der Waals surface area contributed by atoms with Gasteiger partial charge in [0, 0.05) is 0 Å².